The van der Waals surface area contributed by atoms with Gasteiger partial charge in [-0.2, -0.15) is 0 Å². The fourth-order valence-electron chi connectivity index (χ4n) is 2.18. The highest BCUT2D eigenvalue weighted by atomic mass is 16.5. The highest BCUT2D eigenvalue weighted by Crippen LogP contribution is 2.17. The maximum atomic E-state index is 11.2. The third-order valence-electron chi connectivity index (χ3n) is 2.95. The molecule has 2 unspecified atom stereocenters. The van der Waals surface area contributed by atoms with Crippen LogP contribution in [0.25, 0.3) is 0 Å². The Morgan fingerprint density at radius 3 is 2.71 bits per heavy atom. The van der Waals surface area contributed by atoms with Gasteiger partial charge < -0.3 is 15.2 Å². The summed E-state index contributed by atoms with van der Waals surface area (Å²) < 4.78 is 4.60. The van der Waals surface area contributed by atoms with Crippen molar-refractivity contribution < 1.29 is 19.4 Å². The van der Waals surface area contributed by atoms with E-state index in [9.17, 15) is 9.59 Å². The summed E-state index contributed by atoms with van der Waals surface area (Å²) >= 11 is 0. The Morgan fingerprint density at radius 2 is 2.18 bits per heavy atom. The molecule has 2 atom stereocenters. The minimum atomic E-state index is -0.803. The van der Waals surface area contributed by atoms with Crippen molar-refractivity contribution in [2.24, 2.45) is 5.92 Å². The second kappa shape index (κ2) is 6.56. The molecule has 17 heavy (non-hydrogen) atoms. The molecule has 0 aromatic rings. The van der Waals surface area contributed by atoms with E-state index in [4.69, 9.17) is 5.11 Å². The van der Waals surface area contributed by atoms with Crippen molar-refractivity contribution >= 4 is 11.9 Å². The number of carbonyl (C=O) groups excluding carboxylic acids is 1. The van der Waals surface area contributed by atoms with E-state index in [0.29, 0.717) is 19.5 Å². The Bertz CT molecular complexity index is 283. The number of rotatable bonds is 5. The molecule has 0 saturated carbocycles. The van der Waals surface area contributed by atoms with Crippen molar-refractivity contribution in [1.82, 2.24) is 10.2 Å². The number of methoxy groups -OCH3 is 1. The molecule has 1 heterocycles. The molecule has 0 aromatic carbocycles. The Morgan fingerprint density at radius 1 is 1.47 bits per heavy atom. The molecular weight excluding hydrogens is 224 g/mol. The van der Waals surface area contributed by atoms with Gasteiger partial charge in [0.2, 0.25) is 0 Å². The molecule has 6 heteroatoms. The van der Waals surface area contributed by atoms with Gasteiger partial charge in [0.1, 0.15) is 0 Å². The molecule has 6 nitrogen and oxygen atoms in total. The van der Waals surface area contributed by atoms with Crippen LogP contribution < -0.4 is 5.32 Å². The second-order valence-corrected chi connectivity index (χ2v) is 4.30. The summed E-state index contributed by atoms with van der Waals surface area (Å²) in [6.07, 6.45) is 0.612. The first-order valence-corrected chi connectivity index (χ1v) is 5.82. The van der Waals surface area contributed by atoms with E-state index in [-0.39, 0.29) is 18.6 Å². The van der Waals surface area contributed by atoms with Crippen LogP contribution in [0, 0.1) is 5.92 Å². The van der Waals surface area contributed by atoms with Gasteiger partial charge >= 0.3 is 11.9 Å². The topological polar surface area (TPSA) is 78.9 Å². The van der Waals surface area contributed by atoms with Crippen LogP contribution in [0.1, 0.15) is 13.3 Å². The van der Waals surface area contributed by atoms with Gasteiger partial charge in [-0.1, -0.05) is 6.92 Å². The van der Waals surface area contributed by atoms with E-state index in [1.165, 1.54) is 7.11 Å². The molecule has 0 bridgehead atoms. The Balaban J connectivity index is 2.58. The Hall–Kier alpha value is -1.14. The van der Waals surface area contributed by atoms with Crippen LogP contribution in [0.4, 0.5) is 0 Å². The maximum absolute atomic E-state index is 11.2. The van der Waals surface area contributed by atoms with Crippen LogP contribution >= 0.6 is 0 Å². The van der Waals surface area contributed by atoms with Crippen molar-refractivity contribution in [3.05, 3.63) is 0 Å². The minimum absolute atomic E-state index is 0.125. The van der Waals surface area contributed by atoms with Gasteiger partial charge in [-0.25, -0.2) is 0 Å². The SMILES string of the molecule is CCNC1CC(C(=O)O)CN(CC(=O)OC)C1. The molecule has 1 aliphatic rings. The van der Waals surface area contributed by atoms with Crippen LogP contribution in [-0.2, 0) is 14.3 Å². The third-order valence-corrected chi connectivity index (χ3v) is 2.95. The van der Waals surface area contributed by atoms with Crippen molar-refractivity contribution in [1.29, 1.82) is 0 Å². The van der Waals surface area contributed by atoms with Crippen molar-refractivity contribution in [3.63, 3.8) is 0 Å². The molecule has 1 aliphatic heterocycles. The second-order valence-electron chi connectivity index (χ2n) is 4.30. The van der Waals surface area contributed by atoms with Crippen LogP contribution in [0.5, 0.6) is 0 Å². The number of likely N-dealkylation sites (N-methyl/N-ethyl adjacent to an activating group) is 1. The maximum Gasteiger partial charge on any atom is 0.319 e. The summed E-state index contributed by atoms with van der Waals surface area (Å²) in [6, 6.07) is 0.125. The predicted molar refractivity (Wildman–Crippen MR) is 61.7 cm³/mol. The lowest BCUT2D eigenvalue weighted by molar-refractivity contribution is -0.147. The zero-order valence-corrected chi connectivity index (χ0v) is 10.3. The van der Waals surface area contributed by atoms with Gasteiger partial charge in [0.25, 0.3) is 0 Å². The first-order chi connectivity index (χ1) is 8.06. The zero-order valence-electron chi connectivity index (χ0n) is 10.3. The monoisotopic (exact) mass is 244 g/mol. The molecule has 0 aromatic heterocycles. The molecule has 0 amide bonds. The number of hydrogen-bond acceptors (Lipinski definition) is 5. The fourth-order valence-corrected chi connectivity index (χ4v) is 2.18. The number of hydrogen-bond donors (Lipinski definition) is 2. The summed E-state index contributed by atoms with van der Waals surface area (Å²) in [5.41, 5.74) is 0. The number of carboxylic acid groups (broad SMARTS) is 1. The van der Waals surface area contributed by atoms with Crippen LogP contribution in [0.15, 0.2) is 0 Å². The first kappa shape index (κ1) is 13.9. The molecule has 0 radical (unpaired) electrons. The van der Waals surface area contributed by atoms with Gasteiger partial charge in [-0.3, -0.25) is 14.5 Å². The Labute approximate surface area is 101 Å². The van der Waals surface area contributed by atoms with Gasteiger partial charge in [0.05, 0.1) is 19.6 Å². The molecular formula is C11H20N2O4. The number of piperidine rings is 1. The quantitative estimate of drug-likeness (QED) is 0.637. The van der Waals surface area contributed by atoms with Gasteiger partial charge in [-0.05, 0) is 13.0 Å². The first-order valence-electron chi connectivity index (χ1n) is 5.82. The average Bonchev–Trinajstić information content (AvgIpc) is 2.29. The zero-order chi connectivity index (χ0) is 12.8. The van der Waals surface area contributed by atoms with E-state index < -0.39 is 11.9 Å². The summed E-state index contributed by atoms with van der Waals surface area (Å²) in [4.78, 5) is 24.1. The summed E-state index contributed by atoms with van der Waals surface area (Å²) in [5.74, 6) is -1.55. The molecule has 98 valence electrons. The van der Waals surface area contributed by atoms with E-state index in [0.717, 1.165) is 6.54 Å². The minimum Gasteiger partial charge on any atom is -0.481 e. The number of esters is 1. The van der Waals surface area contributed by atoms with Gasteiger partial charge in [-0.15, -0.1) is 0 Å². The van der Waals surface area contributed by atoms with E-state index >= 15 is 0 Å². The van der Waals surface area contributed by atoms with Gasteiger partial charge in [0.15, 0.2) is 0 Å². The lowest BCUT2D eigenvalue weighted by Crippen LogP contribution is -2.52. The van der Waals surface area contributed by atoms with E-state index in [2.05, 4.69) is 10.1 Å². The highest BCUT2D eigenvalue weighted by Gasteiger charge is 2.31. The average molecular weight is 244 g/mol. The van der Waals surface area contributed by atoms with Crippen LogP contribution in [0.3, 0.4) is 0 Å². The van der Waals surface area contributed by atoms with Crippen LogP contribution in [-0.4, -0.2) is 61.3 Å². The highest BCUT2D eigenvalue weighted by molar-refractivity contribution is 5.72. The molecule has 2 N–H and O–H groups in total. The smallest absolute Gasteiger partial charge is 0.319 e. The van der Waals surface area contributed by atoms with E-state index in [1.807, 2.05) is 11.8 Å². The lowest BCUT2D eigenvalue weighted by Gasteiger charge is -2.35. The Kier molecular flexibility index (Phi) is 5.37. The van der Waals surface area contributed by atoms with Crippen molar-refractivity contribution in [2.45, 2.75) is 19.4 Å². The number of likely N-dealkylation sites (tertiary alicyclic amines) is 1. The molecule has 1 fully saturated rings. The van der Waals surface area contributed by atoms with E-state index in [1.54, 1.807) is 0 Å². The van der Waals surface area contributed by atoms with Gasteiger partial charge in [0, 0.05) is 19.1 Å². The third kappa shape index (κ3) is 4.32. The number of aliphatic carboxylic acids is 1. The predicted octanol–water partition coefficient (Wildman–Crippen LogP) is -0.456. The largest absolute Gasteiger partial charge is 0.481 e. The fraction of sp³-hybridized carbons (Fsp3) is 0.818. The number of carboxylic acids is 1. The molecule has 1 saturated heterocycles. The van der Waals surface area contributed by atoms with Crippen molar-refractivity contribution in [3.8, 4) is 0 Å². The van der Waals surface area contributed by atoms with Crippen molar-refractivity contribution in [2.75, 3.05) is 33.3 Å². The normalized spacial score (nSPS) is 25.5. The molecule has 1 rings (SSSR count). The summed E-state index contributed by atoms with van der Waals surface area (Å²) in [7, 11) is 1.34. The van der Waals surface area contributed by atoms with Crippen LogP contribution in [0.2, 0.25) is 0 Å². The summed E-state index contributed by atoms with van der Waals surface area (Å²) in [6.45, 7) is 4.03. The number of ether oxygens (including phenoxy) is 1. The molecule has 0 aliphatic carbocycles. The standard InChI is InChI=1S/C11H20N2O4/c1-3-12-9-4-8(11(15)16)5-13(6-9)7-10(14)17-2/h8-9,12H,3-7H2,1-2H3,(H,15,16). The lowest BCUT2D eigenvalue weighted by atomic mass is 9.94. The number of nitrogens with zero attached hydrogens (tertiary/aromatic N) is 1. The molecule has 0 spiro atoms. The summed E-state index contributed by atoms with van der Waals surface area (Å²) in [5, 5.41) is 12.3. The number of nitrogens with one attached hydrogen (secondary N) is 1. The number of carbonyl (C=O) groups is 2.